The van der Waals surface area contributed by atoms with Crippen molar-refractivity contribution in [1.82, 2.24) is 9.55 Å². The van der Waals surface area contributed by atoms with E-state index in [1.54, 1.807) is 6.20 Å². The van der Waals surface area contributed by atoms with Gasteiger partial charge in [-0.25, -0.2) is 13.6 Å². The predicted octanol–water partition coefficient (Wildman–Crippen LogP) is 2.64. The number of H-pyrrole nitrogens is 1. The van der Waals surface area contributed by atoms with E-state index in [1.807, 2.05) is 13.8 Å². The molecule has 0 fully saturated rings. The van der Waals surface area contributed by atoms with Crippen LogP contribution in [0.5, 0.6) is 0 Å². The molecule has 1 aromatic heterocycles. The average Bonchev–Trinajstić information content (AvgIpc) is 2.58. The van der Waals surface area contributed by atoms with Gasteiger partial charge in [-0.2, -0.15) is 0 Å². The lowest BCUT2D eigenvalue weighted by atomic mass is 10.1. The number of aromatic nitrogens is 2. The SMILES string of the molecule is CC(C)Cc1cn(-c2ccc(F)cc2F)c(=O)[nH]1. The van der Waals surface area contributed by atoms with Gasteiger partial charge in [0.05, 0.1) is 5.69 Å². The van der Waals surface area contributed by atoms with Crippen molar-refractivity contribution in [2.24, 2.45) is 5.92 Å². The summed E-state index contributed by atoms with van der Waals surface area (Å²) in [5.41, 5.74) is 0.363. The van der Waals surface area contributed by atoms with E-state index in [1.165, 1.54) is 6.07 Å². The molecule has 0 radical (unpaired) electrons. The maximum atomic E-state index is 13.6. The first-order chi connectivity index (χ1) is 8.47. The van der Waals surface area contributed by atoms with Crippen LogP contribution in [0.3, 0.4) is 0 Å². The highest BCUT2D eigenvalue weighted by Crippen LogP contribution is 2.14. The Morgan fingerprint density at radius 1 is 1.33 bits per heavy atom. The van der Waals surface area contributed by atoms with Gasteiger partial charge < -0.3 is 4.98 Å². The molecule has 0 spiro atoms. The standard InChI is InChI=1S/C13H14F2N2O/c1-8(2)5-10-7-17(13(18)16-10)12-4-3-9(14)6-11(12)15/h3-4,6-8H,5H2,1-2H3,(H,16,18). The topological polar surface area (TPSA) is 37.8 Å². The van der Waals surface area contributed by atoms with Crippen LogP contribution in [0.1, 0.15) is 19.5 Å². The molecular formula is C13H14F2N2O. The monoisotopic (exact) mass is 252 g/mol. The van der Waals surface area contributed by atoms with Gasteiger partial charge >= 0.3 is 5.69 Å². The number of nitrogens with zero attached hydrogens (tertiary/aromatic N) is 1. The summed E-state index contributed by atoms with van der Waals surface area (Å²) in [7, 11) is 0. The Morgan fingerprint density at radius 2 is 2.06 bits per heavy atom. The van der Waals surface area contributed by atoms with Crippen molar-refractivity contribution in [2.75, 3.05) is 0 Å². The summed E-state index contributed by atoms with van der Waals surface area (Å²) in [5, 5.41) is 0. The fourth-order valence-corrected chi connectivity index (χ4v) is 1.84. The Bertz CT molecular complexity index is 614. The van der Waals surface area contributed by atoms with Crippen molar-refractivity contribution in [3.05, 3.63) is 52.2 Å². The van der Waals surface area contributed by atoms with Crippen molar-refractivity contribution in [1.29, 1.82) is 0 Å². The molecule has 5 heteroatoms. The molecule has 0 bridgehead atoms. The highest BCUT2D eigenvalue weighted by molar-refractivity contribution is 5.34. The zero-order valence-corrected chi connectivity index (χ0v) is 10.2. The molecule has 18 heavy (non-hydrogen) atoms. The highest BCUT2D eigenvalue weighted by Gasteiger charge is 2.11. The van der Waals surface area contributed by atoms with Gasteiger partial charge in [-0.1, -0.05) is 13.8 Å². The van der Waals surface area contributed by atoms with Crippen molar-refractivity contribution in [3.8, 4) is 5.69 Å². The summed E-state index contributed by atoms with van der Waals surface area (Å²) in [5.74, 6) is -1.04. The summed E-state index contributed by atoms with van der Waals surface area (Å²) in [6.45, 7) is 4.04. The normalized spacial score (nSPS) is 11.2. The molecule has 96 valence electrons. The van der Waals surface area contributed by atoms with Gasteiger partial charge in [0.15, 0.2) is 0 Å². The number of imidazole rings is 1. The number of hydrogen-bond donors (Lipinski definition) is 1. The third kappa shape index (κ3) is 2.50. The lowest BCUT2D eigenvalue weighted by molar-refractivity contribution is 0.577. The summed E-state index contributed by atoms with van der Waals surface area (Å²) in [6.07, 6.45) is 2.25. The number of hydrogen-bond acceptors (Lipinski definition) is 1. The molecule has 0 aliphatic carbocycles. The third-order valence-corrected chi connectivity index (χ3v) is 2.57. The van der Waals surface area contributed by atoms with Crippen LogP contribution >= 0.6 is 0 Å². The van der Waals surface area contributed by atoms with Crippen LogP contribution in [-0.4, -0.2) is 9.55 Å². The van der Waals surface area contributed by atoms with Gasteiger partial charge in [0.2, 0.25) is 0 Å². The molecule has 2 aromatic rings. The maximum absolute atomic E-state index is 13.6. The van der Waals surface area contributed by atoms with E-state index in [0.717, 1.165) is 22.4 Å². The van der Waals surface area contributed by atoms with E-state index in [9.17, 15) is 13.6 Å². The Balaban J connectivity index is 2.44. The smallest absolute Gasteiger partial charge is 0.310 e. The van der Waals surface area contributed by atoms with Crippen LogP contribution < -0.4 is 5.69 Å². The number of rotatable bonds is 3. The van der Waals surface area contributed by atoms with Gasteiger partial charge in [-0.15, -0.1) is 0 Å². The second-order valence-corrected chi connectivity index (χ2v) is 4.65. The number of nitrogens with one attached hydrogen (secondary N) is 1. The first-order valence-electron chi connectivity index (χ1n) is 5.73. The molecule has 1 N–H and O–H groups in total. The first kappa shape index (κ1) is 12.5. The van der Waals surface area contributed by atoms with Gasteiger partial charge in [-0.05, 0) is 24.5 Å². The van der Waals surface area contributed by atoms with Crippen LogP contribution in [-0.2, 0) is 6.42 Å². The van der Waals surface area contributed by atoms with Crippen LogP contribution in [0, 0.1) is 17.6 Å². The van der Waals surface area contributed by atoms with Crippen LogP contribution in [0.25, 0.3) is 5.69 Å². The summed E-state index contributed by atoms with van der Waals surface area (Å²) < 4.78 is 27.5. The molecule has 1 heterocycles. The molecule has 0 aliphatic rings. The number of benzene rings is 1. The predicted molar refractivity (Wildman–Crippen MR) is 64.8 cm³/mol. The van der Waals surface area contributed by atoms with E-state index in [2.05, 4.69) is 4.98 Å². The van der Waals surface area contributed by atoms with Crippen molar-refractivity contribution in [3.63, 3.8) is 0 Å². The molecule has 0 saturated carbocycles. The molecule has 0 saturated heterocycles. The van der Waals surface area contributed by atoms with E-state index in [4.69, 9.17) is 0 Å². The minimum absolute atomic E-state index is 0.0488. The molecule has 0 amide bonds. The fraction of sp³-hybridized carbons (Fsp3) is 0.308. The average molecular weight is 252 g/mol. The number of aromatic amines is 1. The third-order valence-electron chi connectivity index (χ3n) is 2.57. The van der Waals surface area contributed by atoms with Crippen molar-refractivity contribution >= 4 is 0 Å². The van der Waals surface area contributed by atoms with Gasteiger partial charge in [-0.3, -0.25) is 4.57 Å². The summed E-state index contributed by atoms with van der Waals surface area (Å²) >= 11 is 0. The fourth-order valence-electron chi connectivity index (χ4n) is 1.84. The van der Waals surface area contributed by atoms with Crippen LogP contribution in [0.2, 0.25) is 0 Å². The summed E-state index contributed by atoms with van der Waals surface area (Å²) in [6, 6.07) is 3.13. The van der Waals surface area contributed by atoms with Crippen LogP contribution in [0.4, 0.5) is 8.78 Å². The molecule has 0 atom stereocenters. The van der Waals surface area contributed by atoms with Gasteiger partial charge in [0.25, 0.3) is 0 Å². The lowest BCUT2D eigenvalue weighted by Gasteiger charge is -2.03. The lowest BCUT2D eigenvalue weighted by Crippen LogP contribution is -2.15. The minimum Gasteiger partial charge on any atom is -0.310 e. The zero-order chi connectivity index (χ0) is 13.3. The van der Waals surface area contributed by atoms with Crippen molar-refractivity contribution < 1.29 is 8.78 Å². The Hall–Kier alpha value is -1.91. The molecular weight excluding hydrogens is 238 g/mol. The second kappa shape index (κ2) is 4.76. The molecule has 1 aromatic carbocycles. The van der Waals surface area contributed by atoms with E-state index in [-0.39, 0.29) is 5.69 Å². The largest absolute Gasteiger partial charge is 0.330 e. The van der Waals surface area contributed by atoms with E-state index in [0.29, 0.717) is 12.3 Å². The second-order valence-electron chi connectivity index (χ2n) is 4.65. The zero-order valence-electron chi connectivity index (χ0n) is 10.2. The molecule has 0 aliphatic heterocycles. The molecule has 2 rings (SSSR count). The maximum Gasteiger partial charge on any atom is 0.330 e. The Morgan fingerprint density at radius 3 is 2.67 bits per heavy atom. The highest BCUT2D eigenvalue weighted by atomic mass is 19.1. The molecule has 0 unspecified atom stereocenters. The quantitative estimate of drug-likeness (QED) is 0.896. The van der Waals surface area contributed by atoms with E-state index >= 15 is 0 Å². The number of halogens is 2. The van der Waals surface area contributed by atoms with Gasteiger partial charge in [0, 0.05) is 18.0 Å². The van der Waals surface area contributed by atoms with E-state index < -0.39 is 17.3 Å². The van der Waals surface area contributed by atoms with Crippen LogP contribution in [0.15, 0.2) is 29.2 Å². The summed E-state index contributed by atoms with van der Waals surface area (Å²) in [4.78, 5) is 14.4. The Kier molecular flexibility index (Phi) is 3.32. The minimum atomic E-state index is -0.757. The first-order valence-corrected chi connectivity index (χ1v) is 5.73. The van der Waals surface area contributed by atoms with Crippen molar-refractivity contribution in [2.45, 2.75) is 20.3 Å². The van der Waals surface area contributed by atoms with Gasteiger partial charge in [0.1, 0.15) is 11.6 Å². The Labute approximate surface area is 103 Å². The molecule has 3 nitrogen and oxygen atoms in total.